The molecule has 0 aliphatic rings. The molecule has 2 N–H and O–H groups in total. The second kappa shape index (κ2) is 7.00. The predicted octanol–water partition coefficient (Wildman–Crippen LogP) is 2.01. The fraction of sp³-hybridized carbons (Fsp3) is 0.857. The van der Waals surface area contributed by atoms with E-state index in [9.17, 15) is 19.8 Å². The zero-order chi connectivity index (χ0) is 14.4. The van der Waals surface area contributed by atoms with Gasteiger partial charge in [-0.3, -0.25) is 9.59 Å². The highest BCUT2D eigenvalue weighted by Crippen LogP contribution is 2.22. The van der Waals surface area contributed by atoms with Gasteiger partial charge in [0.05, 0.1) is 0 Å². The first-order valence-electron chi connectivity index (χ1n) is 6.73. The van der Waals surface area contributed by atoms with E-state index in [1.54, 1.807) is 0 Å². The summed E-state index contributed by atoms with van der Waals surface area (Å²) in [6.07, 6.45) is 3.51. The fourth-order valence-electron chi connectivity index (χ4n) is 1.76. The van der Waals surface area contributed by atoms with Gasteiger partial charge < -0.3 is 10.2 Å². The highest BCUT2D eigenvalue weighted by molar-refractivity contribution is 6.42. The van der Waals surface area contributed by atoms with Gasteiger partial charge in [0.15, 0.2) is 0 Å². The molecule has 2 unspecified atom stereocenters. The minimum Gasteiger partial charge on any atom is -0.382 e. The average Bonchev–Trinajstić information content (AvgIpc) is 2.32. The minimum atomic E-state index is -1.66. The monoisotopic (exact) mass is 258 g/mol. The molecule has 0 aromatic rings. The van der Waals surface area contributed by atoms with Crippen molar-refractivity contribution in [3.8, 4) is 0 Å². The van der Waals surface area contributed by atoms with Crippen molar-refractivity contribution < 1.29 is 19.8 Å². The fourth-order valence-corrected chi connectivity index (χ4v) is 1.76. The Hall–Kier alpha value is -0.740. The summed E-state index contributed by atoms with van der Waals surface area (Å²) >= 11 is 0. The second-order valence-corrected chi connectivity index (χ2v) is 5.41. The maximum Gasteiger partial charge on any atom is 0.232 e. The van der Waals surface area contributed by atoms with Crippen molar-refractivity contribution in [2.24, 2.45) is 0 Å². The van der Waals surface area contributed by atoms with E-state index in [0.29, 0.717) is 12.8 Å². The van der Waals surface area contributed by atoms with Crippen molar-refractivity contribution in [1.29, 1.82) is 0 Å². The lowest BCUT2D eigenvalue weighted by atomic mass is 9.83. The Morgan fingerprint density at radius 1 is 0.833 bits per heavy atom. The molecule has 0 aliphatic heterocycles. The first kappa shape index (κ1) is 17.3. The zero-order valence-corrected chi connectivity index (χ0v) is 12.0. The van der Waals surface area contributed by atoms with E-state index >= 15 is 0 Å². The molecule has 0 spiro atoms. The lowest BCUT2D eigenvalue weighted by molar-refractivity contribution is -0.157. The molecule has 0 fully saturated rings. The normalized spacial score (nSPS) is 17.9. The third-order valence-electron chi connectivity index (χ3n) is 3.22. The maximum absolute atomic E-state index is 11.9. The van der Waals surface area contributed by atoms with Gasteiger partial charge in [-0.25, -0.2) is 0 Å². The summed E-state index contributed by atoms with van der Waals surface area (Å²) in [5, 5.41) is 20.0. The largest absolute Gasteiger partial charge is 0.382 e. The van der Waals surface area contributed by atoms with Crippen LogP contribution in [0.2, 0.25) is 0 Å². The molecule has 0 aromatic carbocycles. The highest BCUT2D eigenvalue weighted by atomic mass is 16.3. The van der Waals surface area contributed by atoms with Crippen LogP contribution in [0.3, 0.4) is 0 Å². The summed E-state index contributed by atoms with van der Waals surface area (Å²) in [6.45, 7) is 6.58. The van der Waals surface area contributed by atoms with E-state index in [1.165, 1.54) is 13.8 Å². The highest BCUT2D eigenvalue weighted by Gasteiger charge is 2.42. The van der Waals surface area contributed by atoms with Gasteiger partial charge >= 0.3 is 0 Å². The predicted molar refractivity (Wildman–Crippen MR) is 70.3 cm³/mol. The van der Waals surface area contributed by atoms with Crippen LogP contribution in [0, 0.1) is 0 Å². The van der Waals surface area contributed by atoms with Crippen LogP contribution in [-0.4, -0.2) is 33.0 Å². The van der Waals surface area contributed by atoms with Gasteiger partial charge in [-0.2, -0.15) is 0 Å². The molecule has 4 nitrogen and oxygen atoms in total. The second-order valence-electron chi connectivity index (χ2n) is 5.41. The van der Waals surface area contributed by atoms with Gasteiger partial charge in [0.2, 0.25) is 11.6 Å². The molecule has 106 valence electrons. The number of hydrogen-bond donors (Lipinski definition) is 2. The lowest BCUT2D eigenvalue weighted by Gasteiger charge is -2.26. The molecule has 0 saturated heterocycles. The van der Waals surface area contributed by atoms with E-state index in [-0.39, 0.29) is 12.8 Å². The van der Waals surface area contributed by atoms with Crippen LogP contribution in [0.15, 0.2) is 0 Å². The van der Waals surface area contributed by atoms with Crippen molar-refractivity contribution in [3.63, 3.8) is 0 Å². The van der Waals surface area contributed by atoms with E-state index < -0.39 is 22.8 Å². The summed E-state index contributed by atoms with van der Waals surface area (Å²) in [5.41, 5.74) is -3.33. The van der Waals surface area contributed by atoms with Crippen LogP contribution in [-0.2, 0) is 9.59 Å². The van der Waals surface area contributed by atoms with Crippen LogP contribution in [0.5, 0.6) is 0 Å². The molecule has 0 aromatic heterocycles. The standard InChI is InChI=1S/C14H26O4/c1-5-7-9-13(3,17)11(15)12(16)14(4,18)10-8-6-2/h17-18H,5-10H2,1-4H3. The van der Waals surface area contributed by atoms with E-state index in [4.69, 9.17) is 0 Å². The summed E-state index contributed by atoms with van der Waals surface area (Å²) in [5.74, 6) is -1.76. The molecule has 0 rings (SSSR count). The molecular formula is C14H26O4. The number of aliphatic hydroxyl groups is 2. The van der Waals surface area contributed by atoms with E-state index in [2.05, 4.69) is 0 Å². The van der Waals surface area contributed by atoms with Gasteiger partial charge in [0, 0.05) is 0 Å². The first-order chi connectivity index (χ1) is 8.19. The third-order valence-corrected chi connectivity index (χ3v) is 3.22. The van der Waals surface area contributed by atoms with Crippen molar-refractivity contribution in [1.82, 2.24) is 0 Å². The smallest absolute Gasteiger partial charge is 0.232 e. The Morgan fingerprint density at radius 3 is 1.33 bits per heavy atom. The quantitative estimate of drug-likeness (QED) is 0.620. The van der Waals surface area contributed by atoms with E-state index in [0.717, 1.165) is 12.8 Å². The number of hydrogen-bond acceptors (Lipinski definition) is 4. The van der Waals surface area contributed by atoms with Crippen molar-refractivity contribution in [2.75, 3.05) is 0 Å². The molecule has 2 atom stereocenters. The van der Waals surface area contributed by atoms with Crippen LogP contribution in [0.4, 0.5) is 0 Å². The SMILES string of the molecule is CCCCC(C)(O)C(=O)C(=O)C(C)(O)CCCC. The molecule has 0 heterocycles. The van der Waals surface area contributed by atoms with Crippen molar-refractivity contribution in [2.45, 2.75) is 77.4 Å². The average molecular weight is 258 g/mol. The summed E-state index contributed by atoms with van der Waals surface area (Å²) in [4.78, 5) is 23.8. The summed E-state index contributed by atoms with van der Waals surface area (Å²) in [7, 11) is 0. The third kappa shape index (κ3) is 4.86. The van der Waals surface area contributed by atoms with Crippen LogP contribution in [0.1, 0.15) is 66.2 Å². The molecule has 18 heavy (non-hydrogen) atoms. The van der Waals surface area contributed by atoms with Gasteiger partial charge in [0.1, 0.15) is 11.2 Å². The van der Waals surface area contributed by atoms with Crippen LogP contribution >= 0.6 is 0 Å². The Kier molecular flexibility index (Phi) is 6.71. The van der Waals surface area contributed by atoms with Crippen LogP contribution < -0.4 is 0 Å². The Morgan fingerprint density at radius 2 is 1.11 bits per heavy atom. The Bertz CT molecular complexity index is 262. The Balaban J connectivity index is 4.71. The molecule has 0 bridgehead atoms. The topological polar surface area (TPSA) is 74.6 Å². The molecule has 0 amide bonds. The summed E-state index contributed by atoms with van der Waals surface area (Å²) in [6, 6.07) is 0. The van der Waals surface area contributed by atoms with Gasteiger partial charge in [0.25, 0.3) is 0 Å². The number of rotatable bonds is 9. The van der Waals surface area contributed by atoms with E-state index in [1.807, 2.05) is 13.8 Å². The Labute approximate surface area is 109 Å². The number of unbranched alkanes of at least 4 members (excludes halogenated alkanes) is 2. The number of carbonyl (C=O) groups excluding carboxylic acids is 2. The molecular weight excluding hydrogens is 232 g/mol. The van der Waals surface area contributed by atoms with Crippen molar-refractivity contribution in [3.05, 3.63) is 0 Å². The number of carbonyl (C=O) groups is 2. The molecule has 0 radical (unpaired) electrons. The zero-order valence-electron chi connectivity index (χ0n) is 12.0. The molecule has 0 saturated carbocycles. The first-order valence-corrected chi connectivity index (χ1v) is 6.73. The van der Waals surface area contributed by atoms with Gasteiger partial charge in [-0.15, -0.1) is 0 Å². The molecule has 0 aliphatic carbocycles. The van der Waals surface area contributed by atoms with Crippen LogP contribution in [0.25, 0.3) is 0 Å². The van der Waals surface area contributed by atoms with Crippen molar-refractivity contribution >= 4 is 11.6 Å². The van der Waals surface area contributed by atoms with Gasteiger partial charge in [-0.1, -0.05) is 39.5 Å². The van der Waals surface area contributed by atoms with Gasteiger partial charge in [-0.05, 0) is 26.7 Å². The minimum absolute atomic E-state index is 0.248. The number of Topliss-reactive ketones (excluding diaryl/α,β-unsaturated/α-hetero) is 2. The lowest BCUT2D eigenvalue weighted by Crippen LogP contribution is -2.49. The maximum atomic E-state index is 11.9. The number of ketones is 2. The summed E-state index contributed by atoms with van der Waals surface area (Å²) < 4.78 is 0. The molecule has 4 heteroatoms.